The number of benzene rings is 3. The van der Waals surface area contributed by atoms with E-state index in [0.29, 0.717) is 10.8 Å². The second-order valence-electron chi connectivity index (χ2n) is 5.60. The highest BCUT2D eigenvalue weighted by molar-refractivity contribution is 6.31. The molecule has 3 aromatic rings. The van der Waals surface area contributed by atoms with Gasteiger partial charge < -0.3 is 4.74 Å². The number of halogens is 1. The van der Waals surface area contributed by atoms with Crippen LogP contribution in [-0.4, -0.2) is 18.7 Å². The molecule has 1 amide bonds. The van der Waals surface area contributed by atoms with E-state index in [9.17, 15) is 4.79 Å². The Bertz CT molecular complexity index is 938. The molecule has 0 bridgehead atoms. The van der Waals surface area contributed by atoms with Crippen molar-refractivity contribution in [3.63, 3.8) is 0 Å². The summed E-state index contributed by atoms with van der Waals surface area (Å²) in [4.78, 5) is 11.8. The number of ether oxygens (including phenoxy) is 1. The monoisotopic (exact) mass is 352 g/mol. The van der Waals surface area contributed by atoms with Crippen LogP contribution in [0.15, 0.2) is 65.8 Å². The molecule has 0 aliphatic carbocycles. The predicted molar refractivity (Wildman–Crippen MR) is 101 cm³/mol. The second-order valence-corrected chi connectivity index (χ2v) is 6.01. The maximum absolute atomic E-state index is 11.8. The Balaban J connectivity index is 1.53. The van der Waals surface area contributed by atoms with Crippen LogP contribution in [0.2, 0.25) is 5.02 Å². The topological polar surface area (TPSA) is 50.7 Å². The zero-order valence-corrected chi connectivity index (χ0v) is 14.5. The lowest BCUT2D eigenvalue weighted by Gasteiger charge is -2.06. The Labute approximate surface area is 151 Å². The molecule has 0 aliphatic heterocycles. The van der Waals surface area contributed by atoms with E-state index in [1.54, 1.807) is 24.4 Å². The molecule has 3 rings (SSSR count). The van der Waals surface area contributed by atoms with Gasteiger partial charge in [-0.15, -0.1) is 0 Å². The molecule has 3 aromatic carbocycles. The summed E-state index contributed by atoms with van der Waals surface area (Å²) in [7, 11) is 0. The third-order valence-electron chi connectivity index (χ3n) is 3.68. The minimum atomic E-state index is -0.329. The van der Waals surface area contributed by atoms with Crippen LogP contribution in [0.1, 0.15) is 11.1 Å². The SMILES string of the molecule is Cc1cc(OCC(=O)N/N=C/c2ccc3ccccc3c2)ccc1Cl. The molecule has 4 nitrogen and oxygen atoms in total. The van der Waals surface area contributed by atoms with Gasteiger partial charge in [0.25, 0.3) is 5.91 Å². The summed E-state index contributed by atoms with van der Waals surface area (Å²) in [6.07, 6.45) is 1.61. The Hall–Kier alpha value is -2.85. The number of rotatable bonds is 5. The molecule has 0 radical (unpaired) electrons. The Morgan fingerprint density at radius 1 is 1.12 bits per heavy atom. The molecule has 0 fully saturated rings. The van der Waals surface area contributed by atoms with Gasteiger partial charge >= 0.3 is 0 Å². The first-order chi connectivity index (χ1) is 12.1. The fourth-order valence-electron chi connectivity index (χ4n) is 2.36. The number of carbonyl (C=O) groups excluding carboxylic acids is 1. The molecule has 1 N–H and O–H groups in total. The van der Waals surface area contributed by atoms with Crippen LogP contribution < -0.4 is 10.2 Å². The number of fused-ring (bicyclic) bond motifs is 1. The number of hydrogen-bond donors (Lipinski definition) is 1. The zero-order chi connectivity index (χ0) is 17.6. The summed E-state index contributed by atoms with van der Waals surface area (Å²) in [5.74, 6) is 0.264. The maximum atomic E-state index is 11.8. The zero-order valence-electron chi connectivity index (χ0n) is 13.7. The molecule has 0 saturated heterocycles. The van der Waals surface area contributed by atoms with Crippen LogP contribution in [0.25, 0.3) is 10.8 Å². The first kappa shape index (κ1) is 17.0. The quantitative estimate of drug-likeness (QED) is 0.549. The second kappa shape index (κ2) is 7.81. The highest BCUT2D eigenvalue weighted by Crippen LogP contribution is 2.20. The van der Waals surface area contributed by atoms with E-state index in [0.717, 1.165) is 21.9 Å². The largest absolute Gasteiger partial charge is 0.484 e. The maximum Gasteiger partial charge on any atom is 0.277 e. The molecular formula is C20H17ClN2O2. The lowest BCUT2D eigenvalue weighted by Crippen LogP contribution is -2.24. The van der Waals surface area contributed by atoms with E-state index >= 15 is 0 Å². The number of amides is 1. The molecule has 0 saturated carbocycles. The normalized spacial score (nSPS) is 11.0. The molecule has 0 heterocycles. The van der Waals surface area contributed by atoms with Crippen LogP contribution in [-0.2, 0) is 4.79 Å². The highest BCUT2D eigenvalue weighted by atomic mass is 35.5. The fourth-order valence-corrected chi connectivity index (χ4v) is 2.47. The standard InChI is InChI=1S/C20H17ClN2O2/c1-14-10-18(8-9-19(14)21)25-13-20(24)23-22-12-15-6-7-16-4-2-3-5-17(16)11-15/h2-12H,13H2,1H3,(H,23,24)/b22-12+. The fraction of sp³-hybridized carbons (Fsp3) is 0.100. The number of carbonyl (C=O) groups is 1. The molecule has 0 spiro atoms. The van der Waals surface area contributed by atoms with Crippen molar-refractivity contribution in [2.24, 2.45) is 5.10 Å². The van der Waals surface area contributed by atoms with Crippen LogP contribution in [0.4, 0.5) is 0 Å². The first-order valence-corrected chi connectivity index (χ1v) is 8.19. The summed E-state index contributed by atoms with van der Waals surface area (Å²) < 4.78 is 5.42. The highest BCUT2D eigenvalue weighted by Gasteiger charge is 2.03. The summed E-state index contributed by atoms with van der Waals surface area (Å²) in [5, 5.41) is 6.92. The average Bonchev–Trinajstić information content (AvgIpc) is 2.62. The van der Waals surface area contributed by atoms with Gasteiger partial charge in [0.2, 0.25) is 0 Å². The molecule has 0 atom stereocenters. The van der Waals surface area contributed by atoms with Gasteiger partial charge in [0.05, 0.1) is 6.21 Å². The van der Waals surface area contributed by atoms with Gasteiger partial charge in [-0.05, 0) is 53.1 Å². The predicted octanol–water partition coefficient (Wildman–Crippen LogP) is 4.33. The molecule has 0 aromatic heterocycles. The van der Waals surface area contributed by atoms with Gasteiger partial charge in [-0.3, -0.25) is 4.79 Å². The molecule has 0 unspecified atom stereocenters. The van der Waals surface area contributed by atoms with Crippen molar-refractivity contribution in [2.75, 3.05) is 6.61 Å². The summed E-state index contributed by atoms with van der Waals surface area (Å²) in [6, 6.07) is 19.3. The van der Waals surface area contributed by atoms with E-state index in [4.69, 9.17) is 16.3 Å². The van der Waals surface area contributed by atoms with Crippen LogP contribution in [0, 0.1) is 6.92 Å². The van der Waals surface area contributed by atoms with E-state index in [2.05, 4.69) is 10.5 Å². The molecule has 5 heteroatoms. The molecule has 126 valence electrons. The van der Waals surface area contributed by atoms with E-state index in [-0.39, 0.29) is 12.5 Å². The Kier molecular flexibility index (Phi) is 5.31. The van der Waals surface area contributed by atoms with Crippen LogP contribution in [0.5, 0.6) is 5.75 Å². The van der Waals surface area contributed by atoms with Crippen molar-refractivity contribution < 1.29 is 9.53 Å². The van der Waals surface area contributed by atoms with Gasteiger partial charge in [0.1, 0.15) is 5.75 Å². The van der Waals surface area contributed by atoms with E-state index < -0.39 is 0 Å². The van der Waals surface area contributed by atoms with Gasteiger partial charge in [-0.25, -0.2) is 5.43 Å². The number of hydrazone groups is 1. The van der Waals surface area contributed by atoms with Gasteiger partial charge in [-0.2, -0.15) is 5.10 Å². The smallest absolute Gasteiger partial charge is 0.277 e. The van der Waals surface area contributed by atoms with Gasteiger partial charge in [0, 0.05) is 5.02 Å². The van der Waals surface area contributed by atoms with Crippen molar-refractivity contribution in [3.8, 4) is 5.75 Å². The van der Waals surface area contributed by atoms with Crippen molar-refractivity contribution in [1.82, 2.24) is 5.43 Å². The minimum absolute atomic E-state index is 0.115. The summed E-state index contributed by atoms with van der Waals surface area (Å²) >= 11 is 5.95. The Morgan fingerprint density at radius 2 is 1.92 bits per heavy atom. The lowest BCUT2D eigenvalue weighted by molar-refractivity contribution is -0.123. The van der Waals surface area contributed by atoms with Crippen molar-refractivity contribution in [3.05, 3.63) is 76.8 Å². The molecular weight excluding hydrogens is 336 g/mol. The summed E-state index contributed by atoms with van der Waals surface area (Å²) in [5.41, 5.74) is 4.26. The van der Waals surface area contributed by atoms with Gasteiger partial charge in [-0.1, -0.05) is 48.0 Å². The molecule has 0 aliphatic rings. The number of hydrogen-bond acceptors (Lipinski definition) is 3. The number of aryl methyl sites for hydroxylation is 1. The number of nitrogens with zero attached hydrogens (tertiary/aromatic N) is 1. The third-order valence-corrected chi connectivity index (χ3v) is 4.10. The van der Waals surface area contributed by atoms with E-state index in [1.165, 1.54) is 0 Å². The van der Waals surface area contributed by atoms with Crippen molar-refractivity contribution in [2.45, 2.75) is 6.92 Å². The van der Waals surface area contributed by atoms with Crippen LogP contribution >= 0.6 is 11.6 Å². The minimum Gasteiger partial charge on any atom is -0.484 e. The summed E-state index contributed by atoms with van der Waals surface area (Å²) in [6.45, 7) is 1.76. The average molecular weight is 353 g/mol. The van der Waals surface area contributed by atoms with Crippen molar-refractivity contribution in [1.29, 1.82) is 0 Å². The van der Waals surface area contributed by atoms with Gasteiger partial charge in [0.15, 0.2) is 6.61 Å². The Morgan fingerprint density at radius 3 is 2.72 bits per heavy atom. The molecule has 25 heavy (non-hydrogen) atoms. The lowest BCUT2D eigenvalue weighted by atomic mass is 10.1. The van der Waals surface area contributed by atoms with E-state index in [1.807, 2.05) is 49.4 Å². The number of nitrogens with one attached hydrogen (secondary N) is 1. The van der Waals surface area contributed by atoms with Crippen molar-refractivity contribution >= 4 is 34.5 Å². The third kappa shape index (κ3) is 4.58. The first-order valence-electron chi connectivity index (χ1n) is 7.81. The van der Waals surface area contributed by atoms with Crippen LogP contribution in [0.3, 0.4) is 0 Å².